The number of nitrogens with zero attached hydrogens (tertiary/aromatic N) is 4. The molecule has 0 amide bonds. The van der Waals surface area contributed by atoms with Crippen LogP contribution in [0.4, 0.5) is 34.1 Å². The number of benzene rings is 8. The minimum atomic E-state index is 0.342. The molecule has 8 aromatic rings. The van der Waals surface area contributed by atoms with Gasteiger partial charge in [-0.1, -0.05) is 146 Å². The van der Waals surface area contributed by atoms with E-state index in [1.54, 1.807) is 0 Å². The Balaban J connectivity index is 1.02. The summed E-state index contributed by atoms with van der Waals surface area (Å²) < 4.78 is 0. The molecule has 0 spiro atoms. The van der Waals surface area contributed by atoms with Crippen LogP contribution in [0, 0.1) is 22.7 Å². The van der Waals surface area contributed by atoms with Crippen LogP contribution in [-0.2, 0) is 0 Å². The number of hydrogen-bond acceptors (Lipinski definition) is 4. The van der Waals surface area contributed by atoms with Gasteiger partial charge in [-0.3, -0.25) is 0 Å². The number of hydrogen-bond donors (Lipinski definition) is 0. The van der Waals surface area contributed by atoms with E-state index in [1.165, 1.54) is 0 Å². The van der Waals surface area contributed by atoms with E-state index in [2.05, 4.69) is 119 Å². The van der Waals surface area contributed by atoms with Crippen LogP contribution in [0.2, 0.25) is 0 Å². The van der Waals surface area contributed by atoms with Crippen molar-refractivity contribution in [2.75, 3.05) is 9.80 Å². The fraction of sp³-hybridized carbons (Fsp3) is 0. The van der Waals surface area contributed by atoms with E-state index < -0.39 is 0 Å². The number of allylic oxidation sites excluding steroid dienone is 2. The molecule has 0 aliphatic heterocycles. The van der Waals surface area contributed by atoms with Gasteiger partial charge in [0, 0.05) is 34.1 Å². The van der Waals surface area contributed by atoms with E-state index in [9.17, 15) is 10.5 Å². The summed E-state index contributed by atoms with van der Waals surface area (Å²) in [6.07, 6.45) is 0. The molecule has 0 saturated heterocycles. The van der Waals surface area contributed by atoms with Gasteiger partial charge in [-0.25, -0.2) is 0 Å². The largest absolute Gasteiger partial charge is 0.311 e. The Morgan fingerprint density at radius 3 is 0.714 bits per heavy atom. The molecule has 4 heteroatoms. The normalized spacial score (nSPS) is 11.1. The highest BCUT2D eigenvalue weighted by molar-refractivity contribution is 6.03. The first-order valence-corrected chi connectivity index (χ1v) is 18.5. The summed E-state index contributed by atoms with van der Waals surface area (Å²) in [5.74, 6) is 0. The molecule has 4 nitrogen and oxygen atoms in total. The van der Waals surface area contributed by atoms with Crippen LogP contribution in [0.1, 0.15) is 11.1 Å². The van der Waals surface area contributed by atoms with E-state index in [4.69, 9.17) is 0 Å². The second kappa shape index (κ2) is 16.4. The topological polar surface area (TPSA) is 54.1 Å². The third kappa shape index (κ3) is 7.45. The van der Waals surface area contributed by atoms with Gasteiger partial charge in [0.15, 0.2) is 0 Å². The summed E-state index contributed by atoms with van der Waals surface area (Å²) in [5.41, 5.74) is 12.7. The first kappa shape index (κ1) is 35.1. The first-order chi connectivity index (χ1) is 27.7. The molecule has 0 radical (unpaired) electrons. The lowest BCUT2D eigenvalue weighted by Gasteiger charge is -2.25. The second-order valence-electron chi connectivity index (χ2n) is 13.2. The van der Waals surface area contributed by atoms with E-state index in [0.29, 0.717) is 22.3 Å². The van der Waals surface area contributed by atoms with Gasteiger partial charge in [-0.15, -0.1) is 0 Å². The fourth-order valence-electron chi connectivity index (χ4n) is 7.00. The molecule has 264 valence electrons. The van der Waals surface area contributed by atoms with Crippen molar-refractivity contribution in [2.45, 2.75) is 0 Å². The lowest BCUT2D eigenvalue weighted by atomic mass is 9.93. The Morgan fingerprint density at radius 1 is 0.268 bits per heavy atom. The number of rotatable bonds is 10. The quantitative estimate of drug-likeness (QED) is 0.104. The van der Waals surface area contributed by atoms with Crippen LogP contribution < -0.4 is 9.80 Å². The summed E-state index contributed by atoms with van der Waals surface area (Å²) in [6.45, 7) is 0. The van der Waals surface area contributed by atoms with E-state index in [0.717, 1.165) is 56.4 Å². The number of anilines is 6. The highest BCUT2D eigenvalue weighted by atomic mass is 15.1. The van der Waals surface area contributed by atoms with Crippen molar-refractivity contribution in [3.8, 4) is 34.4 Å². The molecule has 56 heavy (non-hydrogen) atoms. The Bertz CT molecular complexity index is 2370. The molecule has 0 unspecified atom stereocenters. The lowest BCUT2D eigenvalue weighted by Crippen LogP contribution is -2.09. The van der Waals surface area contributed by atoms with Crippen molar-refractivity contribution >= 4 is 45.3 Å². The third-order valence-corrected chi connectivity index (χ3v) is 9.80. The molecule has 0 aliphatic carbocycles. The Labute approximate surface area is 328 Å². The van der Waals surface area contributed by atoms with Crippen molar-refractivity contribution in [3.63, 3.8) is 0 Å². The maximum atomic E-state index is 10.3. The Hall–Kier alpha value is -7.92. The van der Waals surface area contributed by atoms with Crippen LogP contribution >= 0.6 is 0 Å². The summed E-state index contributed by atoms with van der Waals surface area (Å²) in [5, 5.41) is 20.6. The van der Waals surface area contributed by atoms with Crippen molar-refractivity contribution in [1.29, 1.82) is 10.5 Å². The lowest BCUT2D eigenvalue weighted by molar-refractivity contribution is 1.28. The van der Waals surface area contributed by atoms with Crippen molar-refractivity contribution in [1.82, 2.24) is 0 Å². The highest BCUT2D eigenvalue weighted by Crippen LogP contribution is 2.37. The molecule has 0 heterocycles. The average molecular weight is 717 g/mol. The minimum absolute atomic E-state index is 0.342. The van der Waals surface area contributed by atoms with E-state index in [-0.39, 0.29) is 0 Å². The van der Waals surface area contributed by atoms with E-state index in [1.807, 2.05) is 121 Å². The van der Waals surface area contributed by atoms with Gasteiger partial charge in [0.2, 0.25) is 0 Å². The van der Waals surface area contributed by atoms with Crippen LogP contribution in [0.15, 0.2) is 218 Å². The van der Waals surface area contributed by atoms with Crippen LogP contribution in [0.25, 0.3) is 33.4 Å². The Morgan fingerprint density at radius 2 is 0.482 bits per heavy atom. The van der Waals surface area contributed by atoms with Crippen molar-refractivity contribution < 1.29 is 0 Å². The van der Waals surface area contributed by atoms with Gasteiger partial charge in [-0.05, 0) is 106 Å². The molecular weight excluding hydrogens is 681 g/mol. The first-order valence-electron chi connectivity index (χ1n) is 18.5. The molecule has 0 aliphatic rings. The number of nitriles is 2. The smallest absolute Gasteiger partial charge is 0.101 e. The zero-order valence-corrected chi connectivity index (χ0v) is 30.6. The molecule has 0 saturated carbocycles. The van der Waals surface area contributed by atoms with Gasteiger partial charge in [0.25, 0.3) is 0 Å². The van der Waals surface area contributed by atoms with Gasteiger partial charge in [0.05, 0.1) is 11.1 Å². The molecule has 0 bridgehead atoms. The minimum Gasteiger partial charge on any atom is -0.311 e. The van der Waals surface area contributed by atoms with Crippen LogP contribution in [0.3, 0.4) is 0 Å². The van der Waals surface area contributed by atoms with Gasteiger partial charge in [-0.2, -0.15) is 10.5 Å². The zero-order valence-electron chi connectivity index (χ0n) is 30.6. The predicted molar refractivity (Wildman–Crippen MR) is 231 cm³/mol. The van der Waals surface area contributed by atoms with Gasteiger partial charge >= 0.3 is 0 Å². The van der Waals surface area contributed by atoms with Gasteiger partial charge in [0.1, 0.15) is 12.1 Å². The molecule has 0 N–H and O–H groups in total. The van der Waals surface area contributed by atoms with E-state index >= 15 is 0 Å². The van der Waals surface area contributed by atoms with Crippen LogP contribution in [-0.4, -0.2) is 0 Å². The predicted octanol–water partition coefficient (Wildman–Crippen LogP) is 13.9. The Kier molecular flexibility index (Phi) is 10.3. The molecule has 8 aromatic carbocycles. The maximum absolute atomic E-state index is 10.3. The summed E-state index contributed by atoms with van der Waals surface area (Å²) in [4.78, 5) is 4.46. The molecule has 8 rings (SSSR count). The highest BCUT2D eigenvalue weighted by Gasteiger charge is 2.15. The van der Waals surface area contributed by atoms with Gasteiger partial charge < -0.3 is 9.80 Å². The van der Waals surface area contributed by atoms with Crippen molar-refractivity contribution in [2.24, 2.45) is 0 Å². The summed E-state index contributed by atoms with van der Waals surface area (Å²) >= 11 is 0. The fourth-order valence-corrected chi connectivity index (χ4v) is 7.00. The summed E-state index contributed by atoms with van der Waals surface area (Å²) in [6, 6.07) is 78.6. The van der Waals surface area contributed by atoms with Crippen LogP contribution in [0.5, 0.6) is 0 Å². The third-order valence-electron chi connectivity index (χ3n) is 9.80. The second-order valence-corrected chi connectivity index (χ2v) is 13.2. The standard InChI is InChI=1S/C52H36N4/c53-37-51(43-25-21-39(22-26-43)41-29-33-49(34-30-41)55(45-13-5-1-6-14-45)46-15-7-2-8-16-46)52(38-54)44-27-23-40(24-28-44)42-31-35-50(36-32-42)56(47-17-9-3-10-18-47)48-19-11-4-12-20-48/h1-36H/b52-51+. The molecule has 0 aromatic heterocycles. The summed E-state index contributed by atoms with van der Waals surface area (Å²) in [7, 11) is 0. The molecule has 0 fully saturated rings. The van der Waals surface area contributed by atoms with Crippen molar-refractivity contribution in [3.05, 3.63) is 230 Å². The SMILES string of the molecule is N#C/C(=C(/C#N)c1ccc(-c2ccc(N(c3ccccc3)c3ccccc3)cc2)cc1)c1ccc(-c2ccc(N(c3ccccc3)c3ccccc3)cc2)cc1. The zero-order chi connectivity index (χ0) is 38.1. The molecular formula is C52H36N4. The average Bonchev–Trinajstić information content (AvgIpc) is 3.28. The maximum Gasteiger partial charge on any atom is 0.101 e. The monoisotopic (exact) mass is 716 g/mol. The molecule has 0 atom stereocenters. The number of para-hydroxylation sites is 4.